The standard InChI is InChI=1S/C15H32S/c1-4-9-15(12-8-13-16)11-7-5-6-10-14(2)3/h14-16H,4-13H2,1-3H3. The summed E-state index contributed by atoms with van der Waals surface area (Å²) in [6, 6.07) is 0. The van der Waals surface area contributed by atoms with Crippen molar-refractivity contribution >= 4 is 12.6 Å². The number of rotatable bonds is 11. The minimum Gasteiger partial charge on any atom is -0.179 e. The fourth-order valence-electron chi connectivity index (χ4n) is 2.38. The Balaban J connectivity index is 3.43. The van der Waals surface area contributed by atoms with Gasteiger partial charge in [-0.25, -0.2) is 0 Å². The maximum Gasteiger partial charge on any atom is -0.00978 e. The summed E-state index contributed by atoms with van der Waals surface area (Å²) in [6.07, 6.45) is 12.7. The van der Waals surface area contributed by atoms with Gasteiger partial charge in [0, 0.05) is 0 Å². The molecule has 16 heavy (non-hydrogen) atoms. The predicted molar refractivity (Wildman–Crippen MR) is 79.4 cm³/mol. The summed E-state index contributed by atoms with van der Waals surface area (Å²) in [6.45, 7) is 6.96. The molecule has 0 aromatic rings. The minimum absolute atomic E-state index is 0.885. The summed E-state index contributed by atoms with van der Waals surface area (Å²) in [5, 5.41) is 0. The lowest BCUT2D eigenvalue weighted by molar-refractivity contribution is 0.389. The Morgan fingerprint density at radius 2 is 1.44 bits per heavy atom. The molecule has 98 valence electrons. The fraction of sp³-hybridized carbons (Fsp3) is 1.00. The third kappa shape index (κ3) is 10.9. The van der Waals surface area contributed by atoms with Crippen LogP contribution in [0.25, 0.3) is 0 Å². The Kier molecular flexibility index (Phi) is 12.1. The summed E-state index contributed by atoms with van der Waals surface area (Å²) >= 11 is 4.31. The quantitative estimate of drug-likeness (QED) is 0.349. The summed E-state index contributed by atoms with van der Waals surface area (Å²) < 4.78 is 0. The largest absolute Gasteiger partial charge is 0.179 e. The van der Waals surface area contributed by atoms with E-state index in [0.29, 0.717) is 0 Å². The molecule has 0 saturated heterocycles. The molecule has 0 aromatic heterocycles. The van der Waals surface area contributed by atoms with Gasteiger partial charge in [-0.15, -0.1) is 0 Å². The van der Waals surface area contributed by atoms with Gasteiger partial charge in [-0.05, 0) is 30.4 Å². The first-order valence-electron chi connectivity index (χ1n) is 7.31. The molecule has 0 spiro atoms. The van der Waals surface area contributed by atoms with Gasteiger partial charge < -0.3 is 0 Å². The first-order chi connectivity index (χ1) is 7.70. The Morgan fingerprint density at radius 3 is 2.00 bits per heavy atom. The second-order valence-electron chi connectivity index (χ2n) is 5.55. The van der Waals surface area contributed by atoms with Crippen LogP contribution in [0.15, 0.2) is 0 Å². The van der Waals surface area contributed by atoms with Crippen LogP contribution in [0, 0.1) is 11.8 Å². The summed E-state index contributed by atoms with van der Waals surface area (Å²) in [4.78, 5) is 0. The minimum atomic E-state index is 0.885. The molecule has 0 aliphatic heterocycles. The second-order valence-corrected chi connectivity index (χ2v) is 6.00. The molecule has 0 rings (SSSR count). The van der Waals surface area contributed by atoms with Crippen LogP contribution in [0.3, 0.4) is 0 Å². The van der Waals surface area contributed by atoms with Crippen molar-refractivity contribution in [2.45, 2.75) is 78.6 Å². The third-order valence-electron chi connectivity index (χ3n) is 3.36. The average molecular weight is 244 g/mol. The fourth-order valence-corrected chi connectivity index (χ4v) is 2.57. The van der Waals surface area contributed by atoms with Gasteiger partial charge in [-0.3, -0.25) is 0 Å². The highest BCUT2D eigenvalue weighted by molar-refractivity contribution is 7.80. The highest BCUT2D eigenvalue weighted by Crippen LogP contribution is 2.21. The van der Waals surface area contributed by atoms with Crippen LogP contribution in [-0.2, 0) is 0 Å². The van der Waals surface area contributed by atoms with Crippen LogP contribution < -0.4 is 0 Å². The predicted octanol–water partition coefficient (Wildman–Crippen LogP) is 5.72. The lowest BCUT2D eigenvalue weighted by Gasteiger charge is -2.15. The van der Waals surface area contributed by atoms with E-state index in [1.807, 2.05) is 0 Å². The molecule has 0 nitrogen and oxygen atoms in total. The molecule has 0 aromatic carbocycles. The van der Waals surface area contributed by atoms with Crippen LogP contribution in [0.1, 0.15) is 78.6 Å². The van der Waals surface area contributed by atoms with Crippen molar-refractivity contribution in [2.75, 3.05) is 5.75 Å². The van der Waals surface area contributed by atoms with Gasteiger partial charge >= 0.3 is 0 Å². The molecule has 0 N–H and O–H groups in total. The van der Waals surface area contributed by atoms with Gasteiger partial charge in [-0.1, -0.05) is 65.7 Å². The monoisotopic (exact) mass is 244 g/mol. The highest BCUT2D eigenvalue weighted by atomic mass is 32.1. The van der Waals surface area contributed by atoms with Crippen molar-refractivity contribution in [3.8, 4) is 0 Å². The van der Waals surface area contributed by atoms with Crippen molar-refractivity contribution in [3.63, 3.8) is 0 Å². The van der Waals surface area contributed by atoms with Crippen LogP contribution in [0.4, 0.5) is 0 Å². The van der Waals surface area contributed by atoms with Crippen molar-refractivity contribution in [1.29, 1.82) is 0 Å². The lowest BCUT2D eigenvalue weighted by atomic mass is 9.92. The number of hydrogen-bond donors (Lipinski definition) is 1. The third-order valence-corrected chi connectivity index (χ3v) is 3.68. The van der Waals surface area contributed by atoms with Gasteiger partial charge in [0.05, 0.1) is 0 Å². The molecule has 0 amide bonds. The molecule has 0 bridgehead atoms. The Labute approximate surface area is 109 Å². The van der Waals surface area contributed by atoms with Gasteiger partial charge in [0.15, 0.2) is 0 Å². The van der Waals surface area contributed by atoms with E-state index < -0.39 is 0 Å². The molecule has 0 fully saturated rings. The van der Waals surface area contributed by atoms with Crippen molar-refractivity contribution in [2.24, 2.45) is 11.8 Å². The van der Waals surface area contributed by atoms with E-state index >= 15 is 0 Å². The second kappa shape index (κ2) is 11.8. The van der Waals surface area contributed by atoms with Crippen molar-refractivity contribution < 1.29 is 0 Å². The van der Waals surface area contributed by atoms with Crippen LogP contribution in [0.2, 0.25) is 0 Å². The van der Waals surface area contributed by atoms with Gasteiger partial charge in [-0.2, -0.15) is 12.6 Å². The van der Waals surface area contributed by atoms with E-state index in [1.165, 1.54) is 57.8 Å². The number of unbranched alkanes of at least 4 members (excludes halogenated alkanes) is 2. The first-order valence-corrected chi connectivity index (χ1v) is 7.94. The summed E-state index contributed by atoms with van der Waals surface area (Å²) in [7, 11) is 0. The Hall–Kier alpha value is 0.350. The van der Waals surface area contributed by atoms with Crippen LogP contribution in [0.5, 0.6) is 0 Å². The zero-order valence-corrected chi connectivity index (χ0v) is 12.6. The maximum absolute atomic E-state index is 4.31. The van der Waals surface area contributed by atoms with Gasteiger partial charge in [0.2, 0.25) is 0 Å². The van der Waals surface area contributed by atoms with E-state index in [9.17, 15) is 0 Å². The molecule has 1 atom stereocenters. The van der Waals surface area contributed by atoms with Gasteiger partial charge in [0.1, 0.15) is 0 Å². The molecule has 0 radical (unpaired) electrons. The average Bonchev–Trinajstić information content (AvgIpc) is 2.24. The zero-order valence-electron chi connectivity index (χ0n) is 11.7. The van der Waals surface area contributed by atoms with E-state index in [4.69, 9.17) is 0 Å². The maximum atomic E-state index is 4.31. The smallest absolute Gasteiger partial charge is 0.00978 e. The number of hydrogen-bond acceptors (Lipinski definition) is 1. The number of thiol groups is 1. The molecular weight excluding hydrogens is 212 g/mol. The molecule has 0 aliphatic rings. The van der Waals surface area contributed by atoms with Crippen molar-refractivity contribution in [3.05, 3.63) is 0 Å². The van der Waals surface area contributed by atoms with Crippen molar-refractivity contribution in [1.82, 2.24) is 0 Å². The topological polar surface area (TPSA) is 0 Å². The molecule has 0 saturated carbocycles. The molecule has 1 heteroatoms. The Morgan fingerprint density at radius 1 is 0.812 bits per heavy atom. The van der Waals surface area contributed by atoms with Crippen LogP contribution in [-0.4, -0.2) is 5.75 Å². The molecule has 0 heterocycles. The first kappa shape index (κ1) is 16.4. The van der Waals surface area contributed by atoms with E-state index in [0.717, 1.165) is 17.6 Å². The molecule has 1 unspecified atom stereocenters. The van der Waals surface area contributed by atoms with E-state index in [1.54, 1.807) is 0 Å². The van der Waals surface area contributed by atoms with E-state index in [-0.39, 0.29) is 0 Å². The zero-order chi connectivity index (χ0) is 12.2. The molecular formula is C15H32S. The summed E-state index contributed by atoms with van der Waals surface area (Å²) in [5.74, 6) is 2.93. The SMILES string of the molecule is CCCC(CCCS)CCCCCC(C)C. The highest BCUT2D eigenvalue weighted by Gasteiger charge is 2.06. The normalized spacial score (nSPS) is 13.3. The van der Waals surface area contributed by atoms with Crippen LogP contribution >= 0.6 is 12.6 Å². The Bertz CT molecular complexity index is 131. The lowest BCUT2D eigenvalue weighted by Crippen LogP contribution is -2.01. The van der Waals surface area contributed by atoms with Gasteiger partial charge in [0.25, 0.3) is 0 Å². The van der Waals surface area contributed by atoms with E-state index in [2.05, 4.69) is 33.4 Å². The summed E-state index contributed by atoms with van der Waals surface area (Å²) in [5.41, 5.74) is 0. The molecule has 0 aliphatic carbocycles.